The van der Waals surface area contributed by atoms with Gasteiger partial charge >= 0.3 is 5.97 Å². The van der Waals surface area contributed by atoms with E-state index in [1.54, 1.807) is 12.1 Å². The van der Waals surface area contributed by atoms with Crippen LogP contribution in [0.15, 0.2) is 40.7 Å². The molecular weight excluding hydrogens is 572 g/mol. The highest BCUT2D eigenvalue weighted by Gasteiger charge is 2.46. The van der Waals surface area contributed by atoms with E-state index in [-0.39, 0.29) is 76.0 Å². The third-order valence-electron chi connectivity index (χ3n) is 8.70. The molecule has 2 aromatic rings. The first-order valence-electron chi connectivity index (χ1n) is 14.1. The molecule has 3 N–H and O–H groups in total. The van der Waals surface area contributed by atoms with E-state index in [0.717, 1.165) is 0 Å². The van der Waals surface area contributed by atoms with Crippen molar-refractivity contribution in [2.45, 2.75) is 63.3 Å². The first-order chi connectivity index (χ1) is 20.7. The van der Waals surface area contributed by atoms with Crippen molar-refractivity contribution in [1.29, 1.82) is 0 Å². The average molecular weight is 605 g/mol. The maximum Gasteiger partial charge on any atom is 0.314 e. The molecule has 3 atom stereocenters. The van der Waals surface area contributed by atoms with Crippen LogP contribution in [-0.4, -0.2) is 77.3 Å². The number of Topliss-reactive ketones (excluding diaryl/α,β-unsaturated/α-hetero) is 3. The lowest BCUT2D eigenvalue weighted by atomic mass is 9.72. The summed E-state index contributed by atoms with van der Waals surface area (Å²) in [5.74, 6) is -2.85. The molecule has 0 amide bonds. The van der Waals surface area contributed by atoms with Gasteiger partial charge in [-0.2, -0.15) is 0 Å². The standard InChI is InChI=1S/C33H32O11/c1-32(39)10-15-6-14-7-20(42-4)27-26-18(28(36)17-8-16(41-3)9-21(43-5)25(17)30(26)38)11-33(2,40)13-22(35)44-31(27)24(14)29(37)23(15)19(34)12-32/h6-7,9,21,37,39-40H,8,10-13H2,1-5H3. The van der Waals surface area contributed by atoms with E-state index < -0.39 is 52.8 Å². The third-order valence-corrected chi connectivity index (χ3v) is 8.70. The topological polar surface area (TPSA) is 166 Å². The summed E-state index contributed by atoms with van der Waals surface area (Å²) in [4.78, 5) is 55.3. The van der Waals surface area contributed by atoms with Crippen molar-refractivity contribution >= 4 is 39.7 Å². The Labute approximate surface area is 252 Å². The number of hydrogen-bond acceptors (Lipinski definition) is 11. The van der Waals surface area contributed by atoms with Crippen LogP contribution in [0.3, 0.4) is 0 Å². The molecule has 0 aromatic heterocycles. The van der Waals surface area contributed by atoms with Crippen molar-refractivity contribution in [3.63, 3.8) is 0 Å². The Morgan fingerprint density at radius 1 is 0.864 bits per heavy atom. The highest BCUT2D eigenvalue weighted by Crippen LogP contribution is 2.52. The Hall–Kier alpha value is -4.32. The van der Waals surface area contributed by atoms with E-state index in [0.29, 0.717) is 16.7 Å². The number of fused-ring (bicyclic) bond motifs is 5. The summed E-state index contributed by atoms with van der Waals surface area (Å²) >= 11 is 0. The van der Waals surface area contributed by atoms with Gasteiger partial charge in [-0.15, -0.1) is 0 Å². The number of methoxy groups -OCH3 is 3. The van der Waals surface area contributed by atoms with Crippen molar-refractivity contribution in [1.82, 2.24) is 0 Å². The van der Waals surface area contributed by atoms with Gasteiger partial charge in [0.1, 0.15) is 17.6 Å². The van der Waals surface area contributed by atoms with Crippen molar-refractivity contribution in [2.75, 3.05) is 21.3 Å². The van der Waals surface area contributed by atoms with Crippen LogP contribution < -0.4 is 9.47 Å². The second-order valence-electron chi connectivity index (χ2n) is 12.3. The molecule has 44 heavy (non-hydrogen) atoms. The van der Waals surface area contributed by atoms with Gasteiger partial charge in [0.05, 0.1) is 54.1 Å². The molecule has 0 radical (unpaired) electrons. The fourth-order valence-electron chi connectivity index (χ4n) is 6.86. The average Bonchev–Trinajstić information content (AvgIpc) is 2.97. The molecule has 0 spiro atoms. The molecule has 230 valence electrons. The van der Waals surface area contributed by atoms with E-state index >= 15 is 0 Å². The zero-order valence-electron chi connectivity index (χ0n) is 25.0. The van der Waals surface area contributed by atoms with Gasteiger partial charge in [-0.25, -0.2) is 0 Å². The normalized spacial score (nSPS) is 27.0. The van der Waals surface area contributed by atoms with E-state index in [1.165, 1.54) is 41.2 Å². The van der Waals surface area contributed by atoms with E-state index in [9.17, 15) is 34.5 Å². The maximum atomic E-state index is 14.5. The van der Waals surface area contributed by atoms with Gasteiger partial charge < -0.3 is 34.3 Å². The first-order valence-corrected chi connectivity index (χ1v) is 14.1. The summed E-state index contributed by atoms with van der Waals surface area (Å²) in [7, 11) is 4.17. The molecule has 1 heterocycles. The molecule has 0 saturated heterocycles. The molecule has 11 nitrogen and oxygen atoms in total. The smallest absolute Gasteiger partial charge is 0.314 e. The second kappa shape index (κ2) is 10.1. The lowest BCUT2D eigenvalue weighted by molar-refractivity contribution is -0.139. The Kier molecular flexibility index (Phi) is 6.84. The highest BCUT2D eigenvalue weighted by atomic mass is 16.5. The number of aromatic hydroxyl groups is 1. The number of allylic oxidation sites excluding steroid dienone is 2. The van der Waals surface area contributed by atoms with E-state index in [2.05, 4.69) is 0 Å². The van der Waals surface area contributed by atoms with Crippen LogP contribution >= 0.6 is 0 Å². The van der Waals surface area contributed by atoms with Crippen LogP contribution in [0.2, 0.25) is 0 Å². The molecule has 0 fully saturated rings. The second-order valence-corrected chi connectivity index (χ2v) is 12.3. The van der Waals surface area contributed by atoms with Crippen LogP contribution in [0.1, 0.15) is 61.0 Å². The fraction of sp³-hybridized carbons (Fsp3) is 0.394. The number of rotatable bonds is 3. The minimum atomic E-state index is -1.80. The highest BCUT2D eigenvalue weighted by molar-refractivity contribution is 6.41. The van der Waals surface area contributed by atoms with Crippen LogP contribution in [0, 0.1) is 0 Å². The quantitative estimate of drug-likeness (QED) is 0.268. The molecule has 3 aliphatic carbocycles. The number of benzene rings is 2. The van der Waals surface area contributed by atoms with Crippen LogP contribution in [0.5, 0.6) is 17.2 Å². The molecule has 6 rings (SSSR count). The number of hydrogen-bond donors (Lipinski definition) is 3. The molecule has 11 heteroatoms. The summed E-state index contributed by atoms with van der Waals surface area (Å²) in [5.41, 5.74) is -2.85. The number of ether oxygens (including phenoxy) is 4. The predicted molar refractivity (Wildman–Crippen MR) is 155 cm³/mol. The van der Waals surface area contributed by atoms with Crippen molar-refractivity contribution in [3.8, 4) is 17.2 Å². The summed E-state index contributed by atoms with van der Waals surface area (Å²) in [6.45, 7) is 2.89. The summed E-state index contributed by atoms with van der Waals surface area (Å²) < 4.78 is 22.5. The van der Waals surface area contributed by atoms with E-state index in [1.807, 2.05) is 0 Å². The van der Waals surface area contributed by atoms with Gasteiger partial charge in [0.2, 0.25) is 0 Å². The number of esters is 1. The number of phenols is 1. The van der Waals surface area contributed by atoms with Gasteiger partial charge in [-0.05, 0) is 43.0 Å². The SMILES string of the molecule is COC1=CC(OC)C2=C(C1)C(=O)C1=C(C2=O)c2c(OC)cc3cc4c(c(O)c3c2OC(=O)CC(C)(O)C1)C(=O)CC(C)(O)C4. The molecule has 0 bridgehead atoms. The monoisotopic (exact) mass is 604 g/mol. The predicted octanol–water partition coefficient (Wildman–Crippen LogP) is 3.04. The van der Waals surface area contributed by atoms with Crippen molar-refractivity contribution in [2.24, 2.45) is 0 Å². The van der Waals surface area contributed by atoms with Gasteiger partial charge in [0.25, 0.3) is 0 Å². The molecular formula is C33H32O11. The Bertz CT molecular complexity index is 1800. The maximum absolute atomic E-state index is 14.5. The molecule has 0 saturated carbocycles. The zero-order valence-corrected chi connectivity index (χ0v) is 25.0. The molecule has 4 aliphatic rings. The zero-order chi connectivity index (χ0) is 31.9. The summed E-state index contributed by atoms with van der Waals surface area (Å²) in [6, 6.07) is 3.11. The van der Waals surface area contributed by atoms with Crippen LogP contribution in [0.4, 0.5) is 0 Å². The van der Waals surface area contributed by atoms with Gasteiger partial charge in [-0.1, -0.05) is 0 Å². The van der Waals surface area contributed by atoms with E-state index in [4.69, 9.17) is 18.9 Å². The third kappa shape index (κ3) is 4.54. The van der Waals surface area contributed by atoms with Crippen LogP contribution in [0.25, 0.3) is 16.3 Å². The Morgan fingerprint density at radius 3 is 2.23 bits per heavy atom. The summed E-state index contributed by atoms with van der Waals surface area (Å²) in [6.07, 6.45) is -0.401. The minimum Gasteiger partial charge on any atom is -0.506 e. The number of aliphatic hydroxyl groups is 2. The summed E-state index contributed by atoms with van der Waals surface area (Å²) in [5, 5.41) is 33.8. The molecule has 2 aromatic carbocycles. The minimum absolute atomic E-state index is 0.0190. The first kappa shape index (κ1) is 29.7. The number of phenolic OH excluding ortho intramolecular Hbond substituents is 1. The Morgan fingerprint density at radius 2 is 1.57 bits per heavy atom. The van der Waals surface area contributed by atoms with Gasteiger partial charge in [-0.3, -0.25) is 19.2 Å². The van der Waals surface area contributed by atoms with Gasteiger partial charge in [0, 0.05) is 55.1 Å². The van der Waals surface area contributed by atoms with Gasteiger partial charge in [0.15, 0.2) is 23.1 Å². The number of ketones is 3. The largest absolute Gasteiger partial charge is 0.506 e. The van der Waals surface area contributed by atoms with Crippen molar-refractivity contribution in [3.05, 3.63) is 57.4 Å². The lowest BCUT2D eigenvalue weighted by Gasteiger charge is -2.33. The number of carbonyl (C=O) groups is 4. The van der Waals surface area contributed by atoms with Crippen LogP contribution in [-0.2, 0) is 30.3 Å². The molecule has 1 aliphatic heterocycles. The number of carbonyl (C=O) groups excluding carboxylic acids is 4. The lowest BCUT2D eigenvalue weighted by Crippen LogP contribution is -2.36. The Balaban J connectivity index is 1.70. The van der Waals surface area contributed by atoms with Crippen molar-refractivity contribution < 1.29 is 53.4 Å². The fourth-order valence-corrected chi connectivity index (χ4v) is 6.86. The molecule has 3 unspecified atom stereocenters.